The monoisotopic (exact) mass is 251 g/mol. The Labute approximate surface area is 110 Å². The molecule has 1 atom stereocenters. The van der Waals surface area contributed by atoms with Crippen LogP contribution in [0.25, 0.3) is 0 Å². The van der Waals surface area contributed by atoms with Gasteiger partial charge < -0.3 is 15.6 Å². The molecule has 0 saturated carbocycles. The van der Waals surface area contributed by atoms with Crippen LogP contribution in [0.3, 0.4) is 0 Å². The SMILES string of the molecule is CC(C)C(C)CNC(=O)c1cc(N)cn1C(C)C. The summed E-state index contributed by atoms with van der Waals surface area (Å²) in [7, 11) is 0. The summed E-state index contributed by atoms with van der Waals surface area (Å²) < 4.78 is 1.91. The number of nitrogens with one attached hydrogen (secondary N) is 1. The van der Waals surface area contributed by atoms with Crippen LogP contribution in [0.4, 0.5) is 5.69 Å². The van der Waals surface area contributed by atoms with Crippen molar-refractivity contribution in [3.05, 3.63) is 18.0 Å². The molecule has 1 rings (SSSR count). The van der Waals surface area contributed by atoms with Crippen molar-refractivity contribution in [3.63, 3.8) is 0 Å². The molecule has 0 fully saturated rings. The standard InChI is InChI=1S/C14H25N3O/c1-9(2)11(5)7-16-14(18)13-6-12(15)8-17(13)10(3)4/h6,8-11H,7,15H2,1-5H3,(H,16,18). The number of rotatable bonds is 5. The van der Waals surface area contributed by atoms with E-state index in [1.54, 1.807) is 6.07 Å². The number of hydrogen-bond donors (Lipinski definition) is 2. The molecule has 4 nitrogen and oxygen atoms in total. The molecule has 1 aromatic heterocycles. The average molecular weight is 251 g/mol. The molecule has 0 aliphatic heterocycles. The molecule has 18 heavy (non-hydrogen) atoms. The van der Waals surface area contributed by atoms with Gasteiger partial charge >= 0.3 is 0 Å². The highest BCUT2D eigenvalue weighted by Crippen LogP contribution is 2.16. The van der Waals surface area contributed by atoms with Gasteiger partial charge in [-0.15, -0.1) is 0 Å². The maximum absolute atomic E-state index is 12.1. The normalized spacial score (nSPS) is 13.1. The second-order valence-corrected chi connectivity index (χ2v) is 5.59. The fourth-order valence-electron chi connectivity index (χ4n) is 1.69. The number of amides is 1. The molecule has 4 heteroatoms. The Balaban J connectivity index is 2.72. The lowest BCUT2D eigenvalue weighted by atomic mass is 9.98. The Bertz CT molecular complexity index is 407. The molecule has 102 valence electrons. The molecule has 3 N–H and O–H groups in total. The van der Waals surface area contributed by atoms with Gasteiger partial charge in [0.25, 0.3) is 5.91 Å². The van der Waals surface area contributed by atoms with Crippen molar-refractivity contribution < 1.29 is 4.79 Å². The summed E-state index contributed by atoms with van der Waals surface area (Å²) >= 11 is 0. The van der Waals surface area contributed by atoms with E-state index in [1.165, 1.54) is 0 Å². The molecule has 1 heterocycles. The Kier molecular flexibility index (Phi) is 4.82. The molecule has 0 bridgehead atoms. The molecule has 1 amide bonds. The molecule has 0 saturated heterocycles. The van der Waals surface area contributed by atoms with E-state index in [2.05, 4.69) is 26.1 Å². The molecule has 1 unspecified atom stereocenters. The van der Waals surface area contributed by atoms with Crippen LogP contribution in [0.15, 0.2) is 12.3 Å². The number of carbonyl (C=O) groups is 1. The van der Waals surface area contributed by atoms with E-state index in [-0.39, 0.29) is 11.9 Å². The van der Waals surface area contributed by atoms with Crippen molar-refractivity contribution in [1.82, 2.24) is 9.88 Å². The van der Waals surface area contributed by atoms with Crippen LogP contribution in [0.2, 0.25) is 0 Å². The van der Waals surface area contributed by atoms with E-state index in [9.17, 15) is 4.79 Å². The summed E-state index contributed by atoms with van der Waals surface area (Å²) in [5.41, 5.74) is 7.03. The summed E-state index contributed by atoms with van der Waals surface area (Å²) in [6.45, 7) is 11.2. The van der Waals surface area contributed by atoms with E-state index in [4.69, 9.17) is 5.73 Å². The van der Waals surface area contributed by atoms with Crippen molar-refractivity contribution in [2.45, 2.75) is 40.7 Å². The second-order valence-electron chi connectivity index (χ2n) is 5.59. The van der Waals surface area contributed by atoms with Crippen LogP contribution in [0, 0.1) is 11.8 Å². The van der Waals surface area contributed by atoms with Crippen molar-refractivity contribution in [3.8, 4) is 0 Å². The summed E-state index contributed by atoms with van der Waals surface area (Å²) in [6.07, 6.45) is 1.81. The van der Waals surface area contributed by atoms with Gasteiger partial charge in [0.05, 0.1) is 5.69 Å². The summed E-state index contributed by atoms with van der Waals surface area (Å²) in [5.74, 6) is 0.980. The zero-order valence-corrected chi connectivity index (χ0v) is 12.0. The Morgan fingerprint density at radius 1 is 1.33 bits per heavy atom. The highest BCUT2D eigenvalue weighted by molar-refractivity contribution is 5.93. The van der Waals surface area contributed by atoms with Crippen LogP contribution >= 0.6 is 0 Å². The predicted molar refractivity (Wildman–Crippen MR) is 75.6 cm³/mol. The lowest BCUT2D eigenvalue weighted by Crippen LogP contribution is -2.31. The topological polar surface area (TPSA) is 60.1 Å². The van der Waals surface area contributed by atoms with Gasteiger partial charge in [-0.3, -0.25) is 4.79 Å². The van der Waals surface area contributed by atoms with Gasteiger partial charge in [0.1, 0.15) is 5.69 Å². The van der Waals surface area contributed by atoms with Gasteiger partial charge in [0.15, 0.2) is 0 Å². The first-order chi connectivity index (χ1) is 8.32. The fraction of sp³-hybridized carbons (Fsp3) is 0.643. The average Bonchev–Trinajstić information content (AvgIpc) is 2.67. The van der Waals surface area contributed by atoms with E-state index < -0.39 is 0 Å². The zero-order chi connectivity index (χ0) is 13.9. The van der Waals surface area contributed by atoms with Gasteiger partial charge in [-0.25, -0.2) is 0 Å². The lowest BCUT2D eigenvalue weighted by molar-refractivity contribution is 0.0934. The largest absolute Gasteiger partial charge is 0.397 e. The van der Waals surface area contributed by atoms with Crippen LogP contribution in [0.5, 0.6) is 0 Å². The smallest absolute Gasteiger partial charge is 0.268 e. The van der Waals surface area contributed by atoms with E-state index in [1.807, 2.05) is 24.6 Å². The third kappa shape index (κ3) is 3.52. The molecular formula is C14H25N3O. The molecule has 0 radical (unpaired) electrons. The molecule has 0 aromatic carbocycles. The van der Waals surface area contributed by atoms with Gasteiger partial charge in [-0.2, -0.15) is 0 Å². The van der Waals surface area contributed by atoms with E-state index in [0.29, 0.717) is 29.8 Å². The number of hydrogen-bond acceptors (Lipinski definition) is 2. The minimum Gasteiger partial charge on any atom is -0.397 e. The van der Waals surface area contributed by atoms with Gasteiger partial charge in [0.2, 0.25) is 0 Å². The number of nitrogens with two attached hydrogens (primary N) is 1. The molecular weight excluding hydrogens is 226 g/mol. The molecule has 0 spiro atoms. The van der Waals surface area contributed by atoms with Crippen molar-refractivity contribution in [2.75, 3.05) is 12.3 Å². The Hall–Kier alpha value is -1.45. The van der Waals surface area contributed by atoms with Crippen molar-refractivity contribution in [1.29, 1.82) is 0 Å². The van der Waals surface area contributed by atoms with Crippen molar-refractivity contribution >= 4 is 11.6 Å². The summed E-state index contributed by atoms with van der Waals surface area (Å²) in [5, 5.41) is 2.97. The number of nitrogens with zero attached hydrogens (tertiary/aromatic N) is 1. The molecule has 1 aromatic rings. The molecule has 0 aliphatic rings. The Morgan fingerprint density at radius 2 is 1.94 bits per heavy atom. The van der Waals surface area contributed by atoms with Crippen LogP contribution in [-0.4, -0.2) is 17.0 Å². The fourth-order valence-corrected chi connectivity index (χ4v) is 1.69. The van der Waals surface area contributed by atoms with Gasteiger partial charge in [-0.1, -0.05) is 20.8 Å². The first-order valence-electron chi connectivity index (χ1n) is 6.58. The van der Waals surface area contributed by atoms with Crippen molar-refractivity contribution in [2.24, 2.45) is 11.8 Å². The number of aromatic nitrogens is 1. The third-order valence-corrected chi connectivity index (χ3v) is 3.38. The summed E-state index contributed by atoms with van der Waals surface area (Å²) in [6, 6.07) is 1.96. The van der Waals surface area contributed by atoms with E-state index in [0.717, 1.165) is 0 Å². The number of carbonyl (C=O) groups excluding carboxylic acids is 1. The quantitative estimate of drug-likeness (QED) is 0.845. The maximum Gasteiger partial charge on any atom is 0.268 e. The first-order valence-corrected chi connectivity index (χ1v) is 6.58. The first kappa shape index (κ1) is 14.6. The van der Waals surface area contributed by atoms with Crippen LogP contribution < -0.4 is 11.1 Å². The van der Waals surface area contributed by atoms with Gasteiger partial charge in [-0.05, 0) is 31.7 Å². The summed E-state index contributed by atoms with van der Waals surface area (Å²) in [4.78, 5) is 12.1. The maximum atomic E-state index is 12.1. The predicted octanol–water partition coefficient (Wildman–Crippen LogP) is 2.67. The minimum atomic E-state index is -0.0482. The lowest BCUT2D eigenvalue weighted by Gasteiger charge is -2.17. The van der Waals surface area contributed by atoms with E-state index >= 15 is 0 Å². The highest BCUT2D eigenvalue weighted by Gasteiger charge is 2.16. The second kappa shape index (κ2) is 5.94. The zero-order valence-electron chi connectivity index (χ0n) is 12.0. The Morgan fingerprint density at radius 3 is 2.44 bits per heavy atom. The van der Waals surface area contributed by atoms with Gasteiger partial charge in [0, 0.05) is 18.8 Å². The molecule has 0 aliphatic carbocycles. The highest BCUT2D eigenvalue weighted by atomic mass is 16.1. The third-order valence-electron chi connectivity index (χ3n) is 3.38. The van der Waals surface area contributed by atoms with Crippen LogP contribution in [0.1, 0.15) is 51.1 Å². The van der Waals surface area contributed by atoms with Crippen LogP contribution in [-0.2, 0) is 0 Å². The number of nitrogen functional groups attached to an aromatic ring is 1. The minimum absolute atomic E-state index is 0.0482. The number of anilines is 1.